The molecular formula is C25H26N2O4S. The minimum absolute atomic E-state index is 0.157. The van der Waals surface area contributed by atoms with Crippen LogP contribution in [-0.2, 0) is 19.4 Å². The Kier molecular flexibility index (Phi) is 6.75. The molecule has 166 valence electrons. The molecular weight excluding hydrogens is 424 g/mol. The van der Waals surface area contributed by atoms with Crippen molar-refractivity contribution in [2.45, 2.75) is 32.2 Å². The number of thiophene rings is 1. The molecule has 0 atom stereocenters. The van der Waals surface area contributed by atoms with Gasteiger partial charge >= 0.3 is 0 Å². The molecule has 4 rings (SSSR count). The third-order valence-corrected chi connectivity index (χ3v) is 6.77. The van der Waals surface area contributed by atoms with Crippen molar-refractivity contribution in [1.29, 1.82) is 0 Å². The van der Waals surface area contributed by atoms with Crippen LogP contribution >= 0.6 is 11.3 Å². The third kappa shape index (κ3) is 4.62. The average molecular weight is 451 g/mol. The van der Waals surface area contributed by atoms with Crippen LogP contribution < -0.4 is 20.1 Å². The maximum absolute atomic E-state index is 13.2. The number of carbonyl (C=O) groups excluding carboxylic acids is 2. The van der Waals surface area contributed by atoms with Crippen molar-refractivity contribution in [3.63, 3.8) is 0 Å². The average Bonchev–Trinajstić information content (AvgIpc) is 3.20. The van der Waals surface area contributed by atoms with Crippen LogP contribution in [0.4, 0.5) is 5.00 Å². The molecule has 0 aliphatic heterocycles. The van der Waals surface area contributed by atoms with Crippen LogP contribution in [0.25, 0.3) is 0 Å². The highest BCUT2D eigenvalue weighted by Crippen LogP contribution is 2.38. The van der Waals surface area contributed by atoms with Gasteiger partial charge in [0.1, 0.15) is 5.00 Å². The fourth-order valence-corrected chi connectivity index (χ4v) is 5.20. The molecule has 2 N–H and O–H groups in total. The van der Waals surface area contributed by atoms with Gasteiger partial charge in [0.15, 0.2) is 11.5 Å². The zero-order valence-corrected chi connectivity index (χ0v) is 19.0. The summed E-state index contributed by atoms with van der Waals surface area (Å²) in [4.78, 5) is 27.4. The summed E-state index contributed by atoms with van der Waals surface area (Å²) in [6.45, 7) is 0.438. The van der Waals surface area contributed by atoms with E-state index in [0.29, 0.717) is 34.2 Å². The lowest BCUT2D eigenvalue weighted by Crippen LogP contribution is -2.25. The van der Waals surface area contributed by atoms with Gasteiger partial charge in [-0.25, -0.2) is 0 Å². The molecule has 1 heterocycles. The van der Waals surface area contributed by atoms with Crippen LogP contribution in [0.3, 0.4) is 0 Å². The second kappa shape index (κ2) is 9.87. The molecule has 0 bridgehead atoms. The van der Waals surface area contributed by atoms with E-state index in [0.717, 1.165) is 36.8 Å². The number of methoxy groups -OCH3 is 2. The third-order valence-electron chi connectivity index (χ3n) is 5.57. The van der Waals surface area contributed by atoms with Crippen LogP contribution in [0, 0.1) is 0 Å². The van der Waals surface area contributed by atoms with Gasteiger partial charge < -0.3 is 20.1 Å². The van der Waals surface area contributed by atoms with Gasteiger partial charge in [-0.05, 0) is 55.0 Å². The molecule has 7 heteroatoms. The Bertz CT molecular complexity index is 1120. The van der Waals surface area contributed by atoms with Crippen molar-refractivity contribution in [3.8, 4) is 11.5 Å². The lowest BCUT2D eigenvalue weighted by atomic mass is 9.95. The predicted molar refractivity (Wildman–Crippen MR) is 126 cm³/mol. The highest BCUT2D eigenvalue weighted by atomic mass is 32.1. The first-order valence-electron chi connectivity index (χ1n) is 10.6. The van der Waals surface area contributed by atoms with Gasteiger partial charge in [-0.15, -0.1) is 11.3 Å². The normalized spacial score (nSPS) is 12.6. The fourth-order valence-electron chi connectivity index (χ4n) is 3.91. The minimum Gasteiger partial charge on any atom is -0.493 e. The summed E-state index contributed by atoms with van der Waals surface area (Å²) >= 11 is 1.50. The number of fused-ring (bicyclic) bond motifs is 1. The number of ether oxygens (including phenoxy) is 2. The highest BCUT2D eigenvalue weighted by molar-refractivity contribution is 7.17. The van der Waals surface area contributed by atoms with E-state index in [1.54, 1.807) is 25.3 Å². The number of benzene rings is 2. The lowest BCUT2D eigenvalue weighted by molar-refractivity contribution is 0.0951. The number of amides is 2. The Morgan fingerprint density at radius 2 is 1.69 bits per heavy atom. The quantitative estimate of drug-likeness (QED) is 0.541. The van der Waals surface area contributed by atoms with Crippen molar-refractivity contribution in [1.82, 2.24) is 5.32 Å². The van der Waals surface area contributed by atoms with Crippen molar-refractivity contribution < 1.29 is 19.1 Å². The van der Waals surface area contributed by atoms with Gasteiger partial charge in [0.25, 0.3) is 11.8 Å². The standard InChI is InChI=1S/C25H26N2O4S/c1-30-19-13-12-17(14-20(19)31-2)23(28)27-25-22(18-10-6-7-11-21(18)32-25)24(29)26-15-16-8-4-3-5-9-16/h3-5,8-9,12-14H,6-7,10-11,15H2,1-2H3,(H,26,29)(H,27,28). The van der Waals surface area contributed by atoms with Gasteiger partial charge in [-0.2, -0.15) is 0 Å². The van der Waals surface area contributed by atoms with E-state index >= 15 is 0 Å². The minimum atomic E-state index is -0.290. The molecule has 0 saturated carbocycles. The number of hydrogen-bond acceptors (Lipinski definition) is 5. The van der Waals surface area contributed by atoms with E-state index in [1.165, 1.54) is 23.3 Å². The van der Waals surface area contributed by atoms with Crippen molar-refractivity contribution in [2.75, 3.05) is 19.5 Å². The van der Waals surface area contributed by atoms with E-state index in [9.17, 15) is 9.59 Å². The molecule has 1 aliphatic rings. The monoisotopic (exact) mass is 450 g/mol. The lowest BCUT2D eigenvalue weighted by Gasteiger charge is -2.13. The van der Waals surface area contributed by atoms with Gasteiger partial charge in [0.2, 0.25) is 0 Å². The van der Waals surface area contributed by atoms with E-state index < -0.39 is 0 Å². The Morgan fingerprint density at radius 1 is 0.938 bits per heavy atom. The zero-order chi connectivity index (χ0) is 22.5. The number of rotatable bonds is 7. The molecule has 0 unspecified atom stereocenters. The second-order valence-electron chi connectivity index (χ2n) is 7.61. The van der Waals surface area contributed by atoms with Gasteiger partial charge in [-0.3, -0.25) is 9.59 Å². The maximum atomic E-state index is 13.2. The summed E-state index contributed by atoms with van der Waals surface area (Å²) in [7, 11) is 3.08. The summed E-state index contributed by atoms with van der Waals surface area (Å²) in [5, 5.41) is 6.59. The number of nitrogens with one attached hydrogen (secondary N) is 2. The molecule has 0 saturated heterocycles. The predicted octanol–water partition coefficient (Wildman–Crippen LogP) is 4.83. The Labute approximate surface area is 191 Å². The van der Waals surface area contributed by atoms with Crippen LogP contribution in [0.2, 0.25) is 0 Å². The summed E-state index contributed by atoms with van der Waals surface area (Å²) in [5.74, 6) is 0.584. The summed E-state index contributed by atoms with van der Waals surface area (Å²) in [6.07, 6.45) is 3.94. The molecule has 2 aromatic carbocycles. The number of hydrogen-bond donors (Lipinski definition) is 2. The van der Waals surface area contributed by atoms with Crippen LogP contribution in [0.5, 0.6) is 11.5 Å². The van der Waals surface area contributed by atoms with Crippen LogP contribution in [-0.4, -0.2) is 26.0 Å². The molecule has 0 fully saturated rings. The Morgan fingerprint density at radius 3 is 2.44 bits per heavy atom. The number of carbonyl (C=O) groups is 2. The van der Waals surface area contributed by atoms with E-state index in [-0.39, 0.29) is 11.8 Å². The van der Waals surface area contributed by atoms with E-state index in [4.69, 9.17) is 9.47 Å². The largest absolute Gasteiger partial charge is 0.493 e. The Hall–Kier alpha value is -3.32. The van der Waals surface area contributed by atoms with Gasteiger partial charge in [0, 0.05) is 17.0 Å². The van der Waals surface area contributed by atoms with Crippen molar-refractivity contribution in [3.05, 3.63) is 75.7 Å². The second-order valence-corrected chi connectivity index (χ2v) is 8.71. The van der Waals surface area contributed by atoms with E-state index in [1.807, 2.05) is 30.3 Å². The molecule has 3 aromatic rings. The molecule has 0 radical (unpaired) electrons. The molecule has 1 aromatic heterocycles. The molecule has 32 heavy (non-hydrogen) atoms. The van der Waals surface area contributed by atoms with Crippen LogP contribution in [0.1, 0.15) is 49.6 Å². The molecule has 1 aliphatic carbocycles. The highest BCUT2D eigenvalue weighted by Gasteiger charge is 2.26. The molecule has 2 amide bonds. The van der Waals surface area contributed by atoms with Gasteiger partial charge in [0.05, 0.1) is 19.8 Å². The smallest absolute Gasteiger partial charge is 0.256 e. The summed E-state index contributed by atoms with van der Waals surface area (Å²) < 4.78 is 10.6. The topological polar surface area (TPSA) is 76.7 Å². The first-order chi connectivity index (χ1) is 15.6. The van der Waals surface area contributed by atoms with E-state index in [2.05, 4.69) is 10.6 Å². The SMILES string of the molecule is COc1ccc(C(=O)Nc2sc3c(c2C(=O)NCc2ccccc2)CCCC3)cc1OC. The molecule has 6 nitrogen and oxygen atoms in total. The first-order valence-corrected chi connectivity index (χ1v) is 11.4. The molecule has 0 spiro atoms. The van der Waals surface area contributed by atoms with Gasteiger partial charge in [-0.1, -0.05) is 30.3 Å². The maximum Gasteiger partial charge on any atom is 0.256 e. The zero-order valence-electron chi connectivity index (χ0n) is 18.2. The van der Waals surface area contributed by atoms with Crippen molar-refractivity contribution >= 4 is 28.2 Å². The summed E-state index contributed by atoms with van der Waals surface area (Å²) in [5.41, 5.74) is 3.12. The number of anilines is 1. The number of aryl methyl sites for hydroxylation is 1. The summed E-state index contributed by atoms with van der Waals surface area (Å²) in [6, 6.07) is 14.8. The van der Waals surface area contributed by atoms with Crippen molar-refractivity contribution in [2.24, 2.45) is 0 Å². The Balaban J connectivity index is 1.59. The van der Waals surface area contributed by atoms with Crippen LogP contribution in [0.15, 0.2) is 48.5 Å². The fraction of sp³-hybridized carbons (Fsp3) is 0.280. The first kappa shape index (κ1) is 21.9.